The third-order valence-corrected chi connectivity index (χ3v) is 2.44. The highest BCUT2D eigenvalue weighted by atomic mass is 35.5. The summed E-state index contributed by atoms with van der Waals surface area (Å²) in [7, 11) is 0. The molecule has 1 aromatic heterocycles. The SMILES string of the molecule is FC(F)c1cc(Cl)nc2ccc(Cl)cc12. The van der Waals surface area contributed by atoms with Crippen LogP contribution in [0.3, 0.4) is 0 Å². The summed E-state index contributed by atoms with van der Waals surface area (Å²) in [5, 5.41) is 0.788. The Bertz CT molecular complexity index is 514. The quantitative estimate of drug-likeness (QED) is 0.678. The van der Waals surface area contributed by atoms with Gasteiger partial charge < -0.3 is 0 Å². The number of halogens is 4. The Morgan fingerprint density at radius 3 is 2.53 bits per heavy atom. The first kappa shape index (κ1) is 10.6. The molecule has 0 aliphatic heterocycles. The van der Waals surface area contributed by atoms with Gasteiger partial charge >= 0.3 is 0 Å². The summed E-state index contributed by atoms with van der Waals surface area (Å²) in [6.07, 6.45) is -2.59. The number of benzene rings is 1. The van der Waals surface area contributed by atoms with E-state index < -0.39 is 6.43 Å². The van der Waals surface area contributed by atoms with Gasteiger partial charge in [-0.2, -0.15) is 0 Å². The monoisotopic (exact) mass is 247 g/mol. The Hall–Kier alpha value is -0.930. The predicted octanol–water partition coefficient (Wildman–Crippen LogP) is 4.48. The third kappa shape index (κ3) is 2.03. The zero-order chi connectivity index (χ0) is 11.0. The van der Waals surface area contributed by atoms with E-state index in [-0.39, 0.29) is 10.7 Å². The highest BCUT2D eigenvalue weighted by Gasteiger charge is 2.13. The van der Waals surface area contributed by atoms with Crippen LogP contribution in [0, 0.1) is 0 Å². The van der Waals surface area contributed by atoms with E-state index in [2.05, 4.69) is 4.98 Å². The van der Waals surface area contributed by atoms with Crippen molar-refractivity contribution in [3.8, 4) is 0 Å². The largest absolute Gasteiger partial charge is 0.264 e. The predicted molar refractivity (Wildman–Crippen MR) is 56.7 cm³/mol. The average molecular weight is 248 g/mol. The first-order valence-corrected chi connectivity index (χ1v) is 4.87. The zero-order valence-electron chi connectivity index (χ0n) is 7.35. The van der Waals surface area contributed by atoms with Crippen molar-refractivity contribution in [1.82, 2.24) is 4.98 Å². The van der Waals surface area contributed by atoms with E-state index in [1.54, 1.807) is 12.1 Å². The minimum absolute atomic E-state index is 0.0557. The number of aromatic nitrogens is 1. The summed E-state index contributed by atoms with van der Waals surface area (Å²) < 4.78 is 25.4. The second-order valence-electron chi connectivity index (χ2n) is 3.00. The first-order chi connectivity index (χ1) is 7.08. The lowest BCUT2D eigenvalue weighted by Gasteiger charge is -2.06. The molecule has 1 nitrogen and oxygen atoms in total. The van der Waals surface area contributed by atoms with E-state index in [9.17, 15) is 8.78 Å². The van der Waals surface area contributed by atoms with E-state index in [0.29, 0.717) is 15.9 Å². The van der Waals surface area contributed by atoms with Gasteiger partial charge in [-0.15, -0.1) is 0 Å². The number of hydrogen-bond acceptors (Lipinski definition) is 1. The molecular formula is C10H5Cl2F2N. The summed E-state index contributed by atoms with van der Waals surface area (Å²) in [5.41, 5.74) is 0.273. The number of rotatable bonds is 1. The van der Waals surface area contributed by atoms with Gasteiger partial charge in [0.15, 0.2) is 0 Å². The van der Waals surface area contributed by atoms with Crippen molar-refractivity contribution >= 4 is 34.1 Å². The third-order valence-electron chi connectivity index (χ3n) is 2.01. The van der Waals surface area contributed by atoms with Crippen molar-refractivity contribution in [2.45, 2.75) is 6.43 Å². The van der Waals surface area contributed by atoms with Gasteiger partial charge in [-0.3, -0.25) is 0 Å². The van der Waals surface area contributed by atoms with Crippen molar-refractivity contribution in [3.05, 3.63) is 40.0 Å². The summed E-state index contributed by atoms with van der Waals surface area (Å²) in [4.78, 5) is 3.93. The molecule has 1 aromatic carbocycles. The molecule has 0 spiro atoms. The van der Waals surface area contributed by atoms with Crippen LogP contribution >= 0.6 is 23.2 Å². The molecule has 2 aromatic rings. The smallest absolute Gasteiger partial charge is 0.236 e. The van der Waals surface area contributed by atoms with Crippen molar-refractivity contribution in [2.75, 3.05) is 0 Å². The van der Waals surface area contributed by atoms with Crippen molar-refractivity contribution in [3.63, 3.8) is 0 Å². The van der Waals surface area contributed by atoms with E-state index >= 15 is 0 Å². The molecule has 0 aliphatic carbocycles. The van der Waals surface area contributed by atoms with E-state index in [4.69, 9.17) is 23.2 Å². The Kier molecular flexibility index (Phi) is 2.76. The number of hydrogen-bond donors (Lipinski definition) is 0. The maximum Gasteiger partial charge on any atom is 0.264 e. The van der Waals surface area contributed by atoms with Crippen LogP contribution in [0.25, 0.3) is 10.9 Å². The number of alkyl halides is 2. The molecule has 0 atom stereocenters. The lowest BCUT2D eigenvalue weighted by molar-refractivity contribution is 0.153. The first-order valence-electron chi connectivity index (χ1n) is 4.12. The molecule has 0 amide bonds. The molecular weight excluding hydrogens is 243 g/mol. The van der Waals surface area contributed by atoms with Crippen molar-refractivity contribution in [2.24, 2.45) is 0 Å². The zero-order valence-corrected chi connectivity index (χ0v) is 8.86. The van der Waals surface area contributed by atoms with Gasteiger partial charge in [-0.1, -0.05) is 23.2 Å². The maximum absolute atomic E-state index is 12.7. The molecule has 0 radical (unpaired) electrons. The van der Waals surface area contributed by atoms with Crippen LogP contribution in [-0.2, 0) is 0 Å². The normalized spacial score (nSPS) is 11.3. The molecule has 15 heavy (non-hydrogen) atoms. The maximum atomic E-state index is 12.7. The van der Waals surface area contributed by atoms with Crippen LogP contribution in [0.15, 0.2) is 24.3 Å². The van der Waals surface area contributed by atoms with Gasteiger partial charge in [0.1, 0.15) is 5.15 Å². The Morgan fingerprint density at radius 2 is 1.87 bits per heavy atom. The Balaban J connectivity index is 2.81. The molecule has 0 saturated carbocycles. The van der Waals surface area contributed by atoms with Crippen molar-refractivity contribution < 1.29 is 8.78 Å². The molecule has 0 unspecified atom stereocenters. The molecule has 0 bridgehead atoms. The fraction of sp³-hybridized carbons (Fsp3) is 0.100. The van der Waals surface area contributed by atoms with Crippen LogP contribution in [0.5, 0.6) is 0 Å². The van der Waals surface area contributed by atoms with Gasteiger partial charge in [-0.05, 0) is 24.3 Å². The standard InChI is InChI=1S/C10H5Cl2F2N/c11-5-1-2-8-6(3-5)7(10(13)14)4-9(12)15-8/h1-4,10H. The van der Waals surface area contributed by atoms with Crippen LogP contribution in [0.2, 0.25) is 10.2 Å². The van der Waals surface area contributed by atoms with E-state index in [1.807, 2.05) is 0 Å². The fourth-order valence-corrected chi connectivity index (χ4v) is 1.75. The lowest BCUT2D eigenvalue weighted by Crippen LogP contribution is -1.90. The molecule has 2 rings (SSSR count). The van der Waals surface area contributed by atoms with E-state index in [1.165, 1.54) is 6.07 Å². The van der Waals surface area contributed by atoms with E-state index in [0.717, 1.165) is 6.07 Å². The fourth-order valence-electron chi connectivity index (χ4n) is 1.37. The van der Waals surface area contributed by atoms with Gasteiger partial charge in [0.25, 0.3) is 6.43 Å². The minimum Gasteiger partial charge on any atom is -0.236 e. The molecule has 5 heteroatoms. The Morgan fingerprint density at radius 1 is 1.13 bits per heavy atom. The van der Waals surface area contributed by atoms with Gasteiger partial charge in [0.2, 0.25) is 0 Å². The number of pyridine rings is 1. The highest BCUT2D eigenvalue weighted by molar-refractivity contribution is 6.31. The number of fused-ring (bicyclic) bond motifs is 1. The van der Waals surface area contributed by atoms with Crippen molar-refractivity contribution in [1.29, 1.82) is 0 Å². The van der Waals surface area contributed by atoms with Crippen LogP contribution in [-0.4, -0.2) is 4.98 Å². The second-order valence-corrected chi connectivity index (χ2v) is 3.82. The highest BCUT2D eigenvalue weighted by Crippen LogP contribution is 2.30. The average Bonchev–Trinajstić information content (AvgIpc) is 2.17. The summed E-state index contributed by atoms with van der Waals surface area (Å²) in [5.74, 6) is 0. The van der Waals surface area contributed by atoms with Crippen LogP contribution < -0.4 is 0 Å². The van der Waals surface area contributed by atoms with Crippen LogP contribution in [0.4, 0.5) is 8.78 Å². The van der Waals surface area contributed by atoms with Crippen LogP contribution in [0.1, 0.15) is 12.0 Å². The topological polar surface area (TPSA) is 12.9 Å². The molecule has 0 N–H and O–H groups in total. The van der Waals surface area contributed by atoms with Gasteiger partial charge in [0, 0.05) is 16.0 Å². The summed E-state index contributed by atoms with van der Waals surface area (Å²) in [6.45, 7) is 0. The molecule has 0 fully saturated rings. The molecule has 0 aliphatic rings. The molecule has 1 heterocycles. The second kappa shape index (κ2) is 3.91. The van der Waals surface area contributed by atoms with Gasteiger partial charge in [0.05, 0.1) is 5.52 Å². The summed E-state index contributed by atoms with van der Waals surface area (Å²) in [6, 6.07) is 5.77. The molecule has 78 valence electrons. The Labute approximate surface area is 94.6 Å². The lowest BCUT2D eigenvalue weighted by atomic mass is 10.1. The minimum atomic E-state index is -2.59. The number of nitrogens with zero attached hydrogens (tertiary/aromatic N) is 1. The summed E-state index contributed by atoms with van der Waals surface area (Å²) >= 11 is 11.4. The molecule has 0 saturated heterocycles. The van der Waals surface area contributed by atoms with Gasteiger partial charge in [-0.25, -0.2) is 13.8 Å².